The summed E-state index contributed by atoms with van der Waals surface area (Å²) in [7, 11) is 0. The van der Waals surface area contributed by atoms with Crippen molar-refractivity contribution in [2.24, 2.45) is 0 Å². The zero-order chi connectivity index (χ0) is 15.9. The molecule has 1 saturated heterocycles. The zero-order valence-electron chi connectivity index (χ0n) is 13.1. The fraction of sp³-hybridized carbons (Fsp3) is 0.529. The third-order valence-corrected chi connectivity index (χ3v) is 3.99. The Morgan fingerprint density at radius 1 is 1.32 bits per heavy atom. The van der Waals surface area contributed by atoms with Crippen molar-refractivity contribution < 1.29 is 14.0 Å². The number of carbonyl (C=O) groups excluding carboxylic acids is 2. The summed E-state index contributed by atoms with van der Waals surface area (Å²) in [6.45, 7) is 3.58. The van der Waals surface area contributed by atoms with Gasteiger partial charge in [-0.2, -0.15) is 0 Å². The topological polar surface area (TPSA) is 40.6 Å². The maximum Gasteiger partial charge on any atom is 0.242 e. The van der Waals surface area contributed by atoms with Crippen molar-refractivity contribution in [2.75, 3.05) is 19.6 Å². The predicted molar refractivity (Wildman–Crippen MR) is 82.5 cm³/mol. The highest BCUT2D eigenvalue weighted by atomic mass is 19.1. The van der Waals surface area contributed by atoms with E-state index in [0.29, 0.717) is 26.1 Å². The Bertz CT molecular complexity index is 533. The van der Waals surface area contributed by atoms with E-state index >= 15 is 0 Å². The van der Waals surface area contributed by atoms with Crippen molar-refractivity contribution in [3.63, 3.8) is 0 Å². The van der Waals surface area contributed by atoms with Gasteiger partial charge in [-0.3, -0.25) is 9.59 Å². The molecule has 22 heavy (non-hydrogen) atoms. The number of likely N-dealkylation sites (tertiary alicyclic amines) is 1. The number of carbonyl (C=O) groups is 2. The smallest absolute Gasteiger partial charge is 0.242 e. The highest BCUT2D eigenvalue weighted by Crippen LogP contribution is 2.12. The Morgan fingerprint density at radius 3 is 2.86 bits per heavy atom. The van der Waals surface area contributed by atoms with Crippen LogP contribution < -0.4 is 0 Å². The van der Waals surface area contributed by atoms with E-state index in [-0.39, 0.29) is 24.2 Å². The summed E-state index contributed by atoms with van der Waals surface area (Å²) >= 11 is 0. The third kappa shape index (κ3) is 4.55. The summed E-state index contributed by atoms with van der Waals surface area (Å²) in [6.07, 6.45) is 3.43. The minimum absolute atomic E-state index is 0.0626. The number of likely N-dealkylation sites (N-methyl/N-ethyl adjacent to an activating group) is 1. The van der Waals surface area contributed by atoms with Crippen LogP contribution in [0, 0.1) is 5.82 Å². The van der Waals surface area contributed by atoms with E-state index < -0.39 is 0 Å². The van der Waals surface area contributed by atoms with Crippen LogP contribution in [-0.4, -0.2) is 41.2 Å². The molecule has 2 amide bonds. The summed E-state index contributed by atoms with van der Waals surface area (Å²) in [5.41, 5.74) is 0.761. The molecule has 5 heteroatoms. The first-order valence-corrected chi connectivity index (χ1v) is 7.90. The first kappa shape index (κ1) is 16.5. The van der Waals surface area contributed by atoms with Gasteiger partial charge in [-0.1, -0.05) is 18.6 Å². The van der Waals surface area contributed by atoms with Crippen LogP contribution in [0.5, 0.6) is 0 Å². The van der Waals surface area contributed by atoms with Crippen molar-refractivity contribution in [3.8, 4) is 0 Å². The molecule has 0 spiro atoms. The first-order valence-electron chi connectivity index (χ1n) is 7.90. The predicted octanol–water partition coefficient (Wildman–Crippen LogP) is 2.58. The summed E-state index contributed by atoms with van der Waals surface area (Å²) < 4.78 is 13.2. The molecule has 1 heterocycles. The van der Waals surface area contributed by atoms with Crippen molar-refractivity contribution in [1.29, 1.82) is 0 Å². The van der Waals surface area contributed by atoms with Gasteiger partial charge in [0.25, 0.3) is 0 Å². The van der Waals surface area contributed by atoms with Gasteiger partial charge in [-0.15, -0.1) is 0 Å². The maximum absolute atomic E-state index is 13.2. The minimum Gasteiger partial charge on any atom is -0.337 e. The van der Waals surface area contributed by atoms with E-state index in [1.165, 1.54) is 12.1 Å². The van der Waals surface area contributed by atoms with Crippen LogP contribution in [-0.2, 0) is 16.1 Å². The van der Waals surface area contributed by atoms with Crippen molar-refractivity contribution in [1.82, 2.24) is 9.80 Å². The number of benzene rings is 1. The van der Waals surface area contributed by atoms with Crippen LogP contribution in [0.25, 0.3) is 0 Å². The number of nitrogens with zero attached hydrogens (tertiary/aromatic N) is 2. The molecule has 1 aromatic rings. The van der Waals surface area contributed by atoms with Crippen LogP contribution in [0.15, 0.2) is 24.3 Å². The van der Waals surface area contributed by atoms with Gasteiger partial charge < -0.3 is 9.80 Å². The van der Waals surface area contributed by atoms with E-state index in [1.807, 2.05) is 6.92 Å². The quantitative estimate of drug-likeness (QED) is 0.839. The number of halogens is 1. The fourth-order valence-electron chi connectivity index (χ4n) is 2.70. The fourth-order valence-corrected chi connectivity index (χ4v) is 2.70. The maximum atomic E-state index is 13.2. The minimum atomic E-state index is -0.302. The molecular weight excluding hydrogens is 283 g/mol. The number of amides is 2. The Morgan fingerprint density at radius 2 is 2.14 bits per heavy atom. The van der Waals surface area contributed by atoms with Crippen LogP contribution in [0.4, 0.5) is 4.39 Å². The lowest BCUT2D eigenvalue weighted by molar-refractivity contribution is -0.140. The van der Waals surface area contributed by atoms with Gasteiger partial charge in [-0.05, 0) is 37.5 Å². The lowest BCUT2D eigenvalue weighted by Crippen LogP contribution is -2.42. The Kier molecular flexibility index (Phi) is 5.92. The molecule has 2 rings (SSSR count). The molecule has 0 aliphatic carbocycles. The largest absolute Gasteiger partial charge is 0.337 e. The Hall–Kier alpha value is -1.91. The average Bonchev–Trinajstić information content (AvgIpc) is 2.70. The summed E-state index contributed by atoms with van der Waals surface area (Å²) in [5, 5.41) is 0. The van der Waals surface area contributed by atoms with Crippen molar-refractivity contribution in [3.05, 3.63) is 35.6 Å². The van der Waals surface area contributed by atoms with E-state index in [4.69, 9.17) is 0 Å². The third-order valence-electron chi connectivity index (χ3n) is 3.99. The van der Waals surface area contributed by atoms with Gasteiger partial charge in [0.1, 0.15) is 5.82 Å². The molecule has 0 N–H and O–H groups in total. The molecule has 1 fully saturated rings. The molecule has 0 aromatic heterocycles. The monoisotopic (exact) mass is 306 g/mol. The molecule has 1 aromatic carbocycles. The van der Waals surface area contributed by atoms with Crippen LogP contribution in [0.1, 0.15) is 38.2 Å². The van der Waals surface area contributed by atoms with Crippen molar-refractivity contribution in [2.45, 2.75) is 39.2 Å². The van der Waals surface area contributed by atoms with Crippen LogP contribution in [0.3, 0.4) is 0 Å². The molecule has 0 atom stereocenters. The van der Waals surface area contributed by atoms with E-state index in [9.17, 15) is 14.0 Å². The van der Waals surface area contributed by atoms with Crippen LogP contribution >= 0.6 is 0 Å². The molecule has 1 aliphatic rings. The Balaban J connectivity index is 1.97. The van der Waals surface area contributed by atoms with Gasteiger partial charge in [0.15, 0.2) is 0 Å². The number of rotatable bonds is 5. The second-order valence-electron chi connectivity index (χ2n) is 5.66. The summed E-state index contributed by atoms with van der Waals surface area (Å²) in [6, 6.07) is 6.27. The average molecular weight is 306 g/mol. The number of hydrogen-bond donors (Lipinski definition) is 0. The normalized spacial score (nSPS) is 15.5. The molecule has 0 saturated carbocycles. The van der Waals surface area contributed by atoms with Crippen molar-refractivity contribution >= 4 is 11.8 Å². The zero-order valence-corrected chi connectivity index (χ0v) is 13.1. The summed E-state index contributed by atoms with van der Waals surface area (Å²) in [4.78, 5) is 27.7. The molecule has 0 bridgehead atoms. The van der Waals surface area contributed by atoms with E-state index in [1.54, 1.807) is 21.9 Å². The number of hydrogen-bond acceptors (Lipinski definition) is 2. The van der Waals surface area contributed by atoms with Gasteiger partial charge in [0.05, 0.1) is 6.54 Å². The molecule has 4 nitrogen and oxygen atoms in total. The lowest BCUT2D eigenvalue weighted by atomic mass is 10.2. The highest BCUT2D eigenvalue weighted by Gasteiger charge is 2.22. The molecular formula is C17H23FN2O2. The lowest BCUT2D eigenvalue weighted by Gasteiger charge is -2.26. The highest BCUT2D eigenvalue weighted by molar-refractivity contribution is 5.85. The van der Waals surface area contributed by atoms with Gasteiger partial charge in [0, 0.05) is 26.1 Å². The SMILES string of the molecule is CCN(Cc1cccc(F)c1)C(=O)CN1CCCCCC1=O. The van der Waals surface area contributed by atoms with Gasteiger partial charge >= 0.3 is 0 Å². The Labute approximate surface area is 130 Å². The molecule has 1 aliphatic heterocycles. The van der Waals surface area contributed by atoms with Gasteiger partial charge in [-0.25, -0.2) is 4.39 Å². The molecule has 0 radical (unpaired) electrons. The van der Waals surface area contributed by atoms with Crippen LogP contribution in [0.2, 0.25) is 0 Å². The van der Waals surface area contributed by atoms with Gasteiger partial charge in [0.2, 0.25) is 11.8 Å². The van der Waals surface area contributed by atoms with E-state index in [0.717, 1.165) is 24.8 Å². The van der Waals surface area contributed by atoms with E-state index in [2.05, 4.69) is 0 Å². The second-order valence-corrected chi connectivity index (χ2v) is 5.66. The second kappa shape index (κ2) is 7.92. The summed E-state index contributed by atoms with van der Waals surface area (Å²) in [5.74, 6) is -0.321. The molecule has 120 valence electrons. The standard InChI is InChI=1S/C17H23FN2O2/c1-2-19(12-14-7-6-8-15(18)11-14)17(22)13-20-10-5-3-4-9-16(20)21/h6-8,11H,2-5,9-10,12-13H2,1H3. The first-order chi connectivity index (χ1) is 10.6. The molecule has 0 unspecified atom stereocenters.